The van der Waals surface area contributed by atoms with Crippen molar-refractivity contribution in [3.63, 3.8) is 0 Å². The van der Waals surface area contributed by atoms with E-state index in [1.807, 2.05) is 0 Å². The first-order valence-electron chi connectivity index (χ1n) is 17.6. The zero-order chi connectivity index (χ0) is 34.9. The van der Waals surface area contributed by atoms with Crippen LogP contribution in [0.3, 0.4) is 0 Å². The van der Waals surface area contributed by atoms with Crippen LogP contribution in [0.15, 0.2) is 48.6 Å². The Labute approximate surface area is 283 Å². The Bertz CT molecular complexity index is 931. The maximum atomic E-state index is 12.5. The normalized spacial score (nSPS) is 14.7. The van der Waals surface area contributed by atoms with E-state index in [4.69, 9.17) is 19.1 Å². The predicted octanol–water partition coefficient (Wildman–Crippen LogP) is 8.21. The van der Waals surface area contributed by atoms with Crippen LogP contribution in [0.2, 0.25) is 0 Å². The summed E-state index contributed by atoms with van der Waals surface area (Å²) < 4.78 is 32.4. The summed E-state index contributed by atoms with van der Waals surface area (Å²) in [5, 5.41) is 18.2. The van der Waals surface area contributed by atoms with E-state index in [2.05, 4.69) is 67.0 Å². The van der Waals surface area contributed by atoms with Crippen molar-refractivity contribution in [3.05, 3.63) is 48.6 Å². The van der Waals surface area contributed by atoms with E-state index in [0.29, 0.717) is 12.8 Å². The fraction of sp³-hybridized carbons (Fsp3) is 0.722. The Morgan fingerprint density at radius 1 is 0.660 bits per heavy atom. The van der Waals surface area contributed by atoms with Crippen LogP contribution < -0.4 is 0 Å². The summed E-state index contributed by atoms with van der Waals surface area (Å²) in [6, 6.07) is 0. The molecule has 10 nitrogen and oxygen atoms in total. The smallest absolute Gasteiger partial charge is 0.462 e. The minimum absolute atomic E-state index is 0.131. The standard InChI is InChI=1S/C36H63O10P/c1-3-5-7-9-11-13-14-15-16-17-18-20-22-24-26-28-36(40)46-34(32-45-47(41,42)44-30-33(38)29-37)31-43-35(39)27-25-23-21-19-12-10-8-6-4-2/h5,7,11,13,15-16,18,20,33-34,37-38H,3-4,6,8-10,12,14,17,19,21-32H2,1-2H3,(H,41,42)/b7-5-,13-11-,16-15-,20-18-. The molecule has 47 heavy (non-hydrogen) atoms. The van der Waals surface area contributed by atoms with Crippen molar-refractivity contribution < 1.29 is 47.8 Å². The summed E-state index contributed by atoms with van der Waals surface area (Å²) in [5.74, 6) is -0.982. The molecule has 0 radical (unpaired) electrons. The molecule has 0 fully saturated rings. The van der Waals surface area contributed by atoms with Gasteiger partial charge in [0.25, 0.3) is 0 Å². The highest BCUT2D eigenvalue weighted by Crippen LogP contribution is 2.43. The van der Waals surface area contributed by atoms with Gasteiger partial charge in [0.15, 0.2) is 6.10 Å². The second kappa shape index (κ2) is 32.5. The molecule has 11 heteroatoms. The highest BCUT2D eigenvalue weighted by Gasteiger charge is 2.27. The molecule has 0 saturated heterocycles. The molecule has 0 saturated carbocycles. The second-order valence-corrected chi connectivity index (χ2v) is 13.0. The lowest BCUT2D eigenvalue weighted by molar-refractivity contribution is -0.161. The average molecular weight is 687 g/mol. The lowest BCUT2D eigenvalue weighted by Gasteiger charge is -2.20. The van der Waals surface area contributed by atoms with Crippen molar-refractivity contribution in [2.45, 2.75) is 142 Å². The Balaban J connectivity index is 4.50. The van der Waals surface area contributed by atoms with E-state index >= 15 is 0 Å². The van der Waals surface area contributed by atoms with Gasteiger partial charge in [-0.15, -0.1) is 0 Å². The molecule has 3 unspecified atom stereocenters. The molecule has 3 N–H and O–H groups in total. The zero-order valence-electron chi connectivity index (χ0n) is 29.0. The van der Waals surface area contributed by atoms with Crippen LogP contribution >= 0.6 is 7.82 Å². The first kappa shape index (κ1) is 44.9. The maximum absolute atomic E-state index is 12.5. The van der Waals surface area contributed by atoms with E-state index in [0.717, 1.165) is 57.8 Å². The number of hydrogen-bond donors (Lipinski definition) is 3. The number of carbonyl (C=O) groups is 2. The lowest BCUT2D eigenvalue weighted by Crippen LogP contribution is -2.29. The van der Waals surface area contributed by atoms with E-state index in [-0.39, 0.29) is 19.4 Å². The summed E-state index contributed by atoms with van der Waals surface area (Å²) in [4.78, 5) is 34.6. The Morgan fingerprint density at radius 3 is 1.77 bits per heavy atom. The van der Waals surface area contributed by atoms with Crippen molar-refractivity contribution in [1.29, 1.82) is 0 Å². The van der Waals surface area contributed by atoms with Crippen LogP contribution in [0.1, 0.15) is 129 Å². The third kappa shape index (κ3) is 32.3. The first-order chi connectivity index (χ1) is 22.7. The van der Waals surface area contributed by atoms with Gasteiger partial charge in [-0.1, -0.05) is 114 Å². The monoisotopic (exact) mass is 686 g/mol. The van der Waals surface area contributed by atoms with Crippen molar-refractivity contribution in [1.82, 2.24) is 0 Å². The number of ether oxygens (including phenoxy) is 2. The molecule has 3 atom stereocenters. The predicted molar refractivity (Wildman–Crippen MR) is 187 cm³/mol. The van der Waals surface area contributed by atoms with Crippen LogP contribution in [0, 0.1) is 0 Å². The molecule has 0 aromatic heterocycles. The molecule has 0 amide bonds. The molecule has 0 rings (SSSR count). The minimum atomic E-state index is -4.62. The summed E-state index contributed by atoms with van der Waals surface area (Å²) in [7, 11) is -4.62. The van der Waals surface area contributed by atoms with Gasteiger partial charge < -0.3 is 24.6 Å². The van der Waals surface area contributed by atoms with Gasteiger partial charge in [-0.2, -0.15) is 0 Å². The van der Waals surface area contributed by atoms with Crippen molar-refractivity contribution in [2.75, 3.05) is 26.4 Å². The average Bonchev–Trinajstić information content (AvgIpc) is 3.05. The van der Waals surface area contributed by atoms with Crippen LogP contribution in [-0.4, -0.2) is 65.7 Å². The van der Waals surface area contributed by atoms with E-state index < -0.39 is 51.8 Å². The SMILES string of the molecule is CC/C=C\C/C=C\C/C=C\C/C=C\CCCCC(=O)OC(COC(=O)CCCCCCCCCCC)COP(=O)(O)OCC(O)CO. The minimum Gasteiger partial charge on any atom is -0.462 e. The number of aliphatic hydroxyl groups is 2. The Kier molecular flexibility index (Phi) is 31.0. The molecule has 0 bridgehead atoms. The summed E-state index contributed by atoms with van der Waals surface area (Å²) in [6.45, 7) is 2.15. The molecule has 272 valence electrons. The van der Waals surface area contributed by atoms with Crippen LogP contribution in [0.5, 0.6) is 0 Å². The fourth-order valence-corrected chi connectivity index (χ4v) is 5.07. The van der Waals surface area contributed by atoms with Gasteiger partial charge in [-0.25, -0.2) is 4.57 Å². The number of carbonyl (C=O) groups excluding carboxylic acids is 2. The fourth-order valence-electron chi connectivity index (χ4n) is 4.28. The van der Waals surface area contributed by atoms with Gasteiger partial charge in [0, 0.05) is 12.8 Å². The van der Waals surface area contributed by atoms with Gasteiger partial charge >= 0.3 is 19.8 Å². The molecule has 0 spiro atoms. The zero-order valence-corrected chi connectivity index (χ0v) is 29.9. The highest BCUT2D eigenvalue weighted by molar-refractivity contribution is 7.47. The first-order valence-corrected chi connectivity index (χ1v) is 19.1. The number of unbranched alkanes of at least 4 members (excludes halogenated alkanes) is 10. The quantitative estimate of drug-likeness (QED) is 0.0274. The number of aliphatic hydroxyl groups excluding tert-OH is 2. The number of phosphoric acid groups is 1. The molecular formula is C36H63O10P. The number of rotatable bonds is 32. The van der Waals surface area contributed by atoms with Crippen molar-refractivity contribution in [3.8, 4) is 0 Å². The van der Waals surface area contributed by atoms with Gasteiger partial charge in [0.05, 0.1) is 19.8 Å². The van der Waals surface area contributed by atoms with Crippen molar-refractivity contribution >= 4 is 19.8 Å². The van der Waals surface area contributed by atoms with Crippen LogP contribution in [0.4, 0.5) is 0 Å². The number of allylic oxidation sites excluding steroid dienone is 8. The van der Waals surface area contributed by atoms with Crippen molar-refractivity contribution in [2.24, 2.45) is 0 Å². The lowest BCUT2D eigenvalue weighted by atomic mass is 10.1. The molecule has 0 aliphatic heterocycles. The van der Waals surface area contributed by atoms with E-state index in [1.54, 1.807) is 0 Å². The number of esters is 2. The Hall–Kier alpha value is -2.07. The molecule has 0 heterocycles. The molecule has 0 aromatic carbocycles. The number of phosphoric ester groups is 1. The van der Waals surface area contributed by atoms with E-state index in [9.17, 15) is 24.2 Å². The van der Waals surface area contributed by atoms with Gasteiger partial charge in [-0.3, -0.25) is 18.6 Å². The number of hydrogen-bond acceptors (Lipinski definition) is 9. The van der Waals surface area contributed by atoms with Gasteiger partial charge in [-0.05, 0) is 51.4 Å². The topological polar surface area (TPSA) is 149 Å². The van der Waals surface area contributed by atoms with Crippen LogP contribution in [0.25, 0.3) is 0 Å². The summed E-state index contributed by atoms with van der Waals surface area (Å²) in [5.41, 5.74) is 0. The highest BCUT2D eigenvalue weighted by atomic mass is 31.2. The molecule has 0 aromatic rings. The van der Waals surface area contributed by atoms with Crippen LogP contribution in [-0.2, 0) is 32.7 Å². The maximum Gasteiger partial charge on any atom is 0.472 e. The summed E-state index contributed by atoms with van der Waals surface area (Å²) >= 11 is 0. The Morgan fingerprint density at radius 2 is 1.17 bits per heavy atom. The largest absolute Gasteiger partial charge is 0.472 e. The third-order valence-electron chi connectivity index (χ3n) is 7.00. The molecular weight excluding hydrogens is 623 g/mol. The molecule has 0 aliphatic rings. The van der Waals surface area contributed by atoms with Gasteiger partial charge in [0.1, 0.15) is 12.7 Å². The second-order valence-electron chi connectivity index (χ2n) is 11.5. The summed E-state index contributed by atoms with van der Waals surface area (Å²) in [6.07, 6.45) is 31.0. The van der Waals surface area contributed by atoms with Gasteiger partial charge in [0.2, 0.25) is 0 Å². The molecule has 0 aliphatic carbocycles. The third-order valence-corrected chi connectivity index (χ3v) is 7.95. The van der Waals surface area contributed by atoms with E-state index in [1.165, 1.54) is 32.1 Å².